The van der Waals surface area contributed by atoms with Gasteiger partial charge in [0.05, 0.1) is 4.90 Å². The zero-order valence-corrected chi connectivity index (χ0v) is 15.8. The number of hydrogen-bond acceptors (Lipinski definition) is 4. The molecule has 1 saturated heterocycles. The number of nitrogens with zero attached hydrogens (tertiary/aromatic N) is 1. The van der Waals surface area contributed by atoms with Crippen LogP contribution in [0.25, 0.3) is 0 Å². The first-order valence-corrected chi connectivity index (χ1v) is 10.6. The van der Waals surface area contributed by atoms with Crippen molar-refractivity contribution in [3.05, 3.63) is 53.8 Å². The Hall–Kier alpha value is -2.12. The van der Waals surface area contributed by atoms with Gasteiger partial charge < -0.3 is 9.47 Å². The zero-order valence-electron chi connectivity index (χ0n) is 14.9. The molecule has 0 atom stereocenters. The van der Waals surface area contributed by atoms with Crippen molar-refractivity contribution >= 4 is 10.0 Å². The Labute approximate surface area is 158 Å². The van der Waals surface area contributed by atoms with Crippen LogP contribution in [0.15, 0.2) is 47.4 Å². The number of rotatable bonds is 5. The molecule has 0 spiro atoms. The molecule has 0 amide bonds. The van der Waals surface area contributed by atoms with Crippen LogP contribution in [0.1, 0.15) is 24.8 Å². The molecule has 2 aromatic carbocycles. The van der Waals surface area contributed by atoms with Crippen molar-refractivity contribution in [2.45, 2.75) is 30.6 Å². The van der Waals surface area contributed by atoms with Gasteiger partial charge in [0.25, 0.3) is 0 Å². The molecule has 0 saturated carbocycles. The molecule has 2 heterocycles. The highest BCUT2D eigenvalue weighted by Crippen LogP contribution is 2.33. The fourth-order valence-corrected chi connectivity index (χ4v) is 5.18. The van der Waals surface area contributed by atoms with Crippen molar-refractivity contribution in [3.8, 4) is 11.5 Å². The normalized spacial score (nSPS) is 18.0. The fourth-order valence-electron chi connectivity index (χ4n) is 3.68. The van der Waals surface area contributed by atoms with Gasteiger partial charge in [0.2, 0.25) is 16.8 Å². The molecular weight excluding hydrogens is 369 g/mol. The fraction of sp³-hybridized carbons (Fsp3) is 0.400. The van der Waals surface area contributed by atoms with Gasteiger partial charge in [-0.3, -0.25) is 0 Å². The van der Waals surface area contributed by atoms with Gasteiger partial charge in [0.1, 0.15) is 5.82 Å². The second kappa shape index (κ2) is 7.48. The van der Waals surface area contributed by atoms with Crippen molar-refractivity contribution in [1.82, 2.24) is 4.31 Å². The van der Waals surface area contributed by atoms with Crippen LogP contribution in [0.3, 0.4) is 0 Å². The molecule has 0 aromatic heterocycles. The van der Waals surface area contributed by atoms with Gasteiger partial charge in [-0.2, -0.15) is 4.31 Å². The highest BCUT2D eigenvalue weighted by molar-refractivity contribution is 7.89. The quantitative estimate of drug-likeness (QED) is 0.782. The summed E-state index contributed by atoms with van der Waals surface area (Å²) in [5.41, 5.74) is 1.20. The summed E-state index contributed by atoms with van der Waals surface area (Å²) in [6.07, 6.45) is 3.57. The topological polar surface area (TPSA) is 55.8 Å². The summed E-state index contributed by atoms with van der Waals surface area (Å²) < 4.78 is 50.9. The first-order valence-electron chi connectivity index (χ1n) is 9.16. The molecule has 5 nitrogen and oxygen atoms in total. The zero-order chi connectivity index (χ0) is 18.9. The van der Waals surface area contributed by atoms with E-state index in [2.05, 4.69) is 6.07 Å². The summed E-state index contributed by atoms with van der Waals surface area (Å²) in [7, 11) is -3.62. The van der Waals surface area contributed by atoms with Gasteiger partial charge in [0, 0.05) is 13.1 Å². The second-order valence-electron chi connectivity index (χ2n) is 7.03. The van der Waals surface area contributed by atoms with Crippen LogP contribution in [0.5, 0.6) is 11.5 Å². The van der Waals surface area contributed by atoms with E-state index in [0.717, 1.165) is 43.2 Å². The number of aryl methyl sites for hydroxylation is 1. The Morgan fingerprint density at radius 1 is 1.04 bits per heavy atom. The summed E-state index contributed by atoms with van der Waals surface area (Å²) in [6.45, 7) is 1.23. The maximum absolute atomic E-state index is 13.4. The lowest BCUT2D eigenvalue weighted by atomic mass is 9.91. The Kier molecular flexibility index (Phi) is 5.06. The van der Waals surface area contributed by atoms with E-state index >= 15 is 0 Å². The summed E-state index contributed by atoms with van der Waals surface area (Å²) >= 11 is 0. The van der Waals surface area contributed by atoms with Crippen molar-refractivity contribution < 1.29 is 22.3 Å². The Morgan fingerprint density at radius 2 is 1.81 bits per heavy atom. The second-order valence-corrected chi connectivity index (χ2v) is 8.97. The number of fused-ring (bicyclic) bond motifs is 1. The molecule has 0 radical (unpaired) electrons. The third-order valence-electron chi connectivity index (χ3n) is 5.29. The molecule has 2 aromatic rings. The summed E-state index contributed by atoms with van der Waals surface area (Å²) in [5.74, 6) is 1.53. The Bertz CT molecular complexity index is 923. The largest absolute Gasteiger partial charge is 0.454 e. The third-order valence-corrected chi connectivity index (χ3v) is 7.18. The van der Waals surface area contributed by atoms with Gasteiger partial charge in [-0.25, -0.2) is 12.8 Å². The number of sulfonamides is 1. The minimum Gasteiger partial charge on any atom is -0.454 e. The van der Waals surface area contributed by atoms with Crippen molar-refractivity contribution in [1.29, 1.82) is 0 Å². The van der Waals surface area contributed by atoms with Crippen LogP contribution in [-0.2, 0) is 16.4 Å². The van der Waals surface area contributed by atoms with Crippen LogP contribution in [-0.4, -0.2) is 32.6 Å². The van der Waals surface area contributed by atoms with Crippen molar-refractivity contribution in [2.75, 3.05) is 19.9 Å². The van der Waals surface area contributed by atoms with Gasteiger partial charge in [-0.15, -0.1) is 0 Å². The minimum absolute atomic E-state index is 0.0290. The predicted octanol–water partition coefficient (Wildman–Crippen LogP) is 3.59. The Balaban J connectivity index is 1.32. The predicted molar refractivity (Wildman–Crippen MR) is 98.8 cm³/mol. The molecule has 0 bridgehead atoms. The van der Waals surface area contributed by atoms with Crippen LogP contribution in [0, 0.1) is 11.7 Å². The lowest BCUT2D eigenvalue weighted by molar-refractivity contribution is 0.174. The lowest BCUT2D eigenvalue weighted by Gasteiger charge is -2.31. The molecule has 144 valence electrons. The van der Waals surface area contributed by atoms with Crippen molar-refractivity contribution in [2.24, 2.45) is 5.92 Å². The first kappa shape index (κ1) is 18.3. The molecule has 1 fully saturated rings. The molecule has 7 heteroatoms. The molecule has 0 aliphatic carbocycles. The van der Waals surface area contributed by atoms with E-state index in [1.165, 1.54) is 28.1 Å². The van der Waals surface area contributed by atoms with Crippen LogP contribution in [0.2, 0.25) is 0 Å². The highest BCUT2D eigenvalue weighted by atomic mass is 32.2. The number of benzene rings is 2. The number of piperidine rings is 1. The van der Waals surface area contributed by atoms with E-state index < -0.39 is 15.8 Å². The average Bonchev–Trinajstić information content (AvgIpc) is 3.14. The van der Waals surface area contributed by atoms with Crippen LogP contribution < -0.4 is 9.47 Å². The van der Waals surface area contributed by atoms with E-state index in [1.807, 2.05) is 12.1 Å². The van der Waals surface area contributed by atoms with Gasteiger partial charge in [-0.05, 0) is 67.5 Å². The lowest BCUT2D eigenvalue weighted by Crippen LogP contribution is -2.38. The smallest absolute Gasteiger partial charge is 0.243 e. The van der Waals surface area contributed by atoms with Gasteiger partial charge in [0.15, 0.2) is 11.5 Å². The van der Waals surface area contributed by atoms with E-state index in [9.17, 15) is 12.8 Å². The number of halogens is 1. The van der Waals surface area contributed by atoms with Crippen LogP contribution in [0.4, 0.5) is 4.39 Å². The van der Waals surface area contributed by atoms with Crippen molar-refractivity contribution in [3.63, 3.8) is 0 Å². The maximum Gasteiger partial charge on any atom is 0.243 e. The SMILES string of the molecule is O=S(=O)(c1cccc(F)c1)N1CCC(CCc2ccc3c(c2)OCO3)CC1. The standard InChI is InChI=1S/C20H22FNO4S/c21-17-2-1-3-18(13-17)27(23,24)22-10-8-15(9-11-22)4-5-16-6-7-19-20(12-16)26-14-25-19/h1-3,6-7,12-13,15H,4-5,8-11,14H2. The van der Waals surface area contributed by atoms with E-state index in [0.29, 0.717) is 19.0 Å². The summed E-state index contributed by atoms with van der Waals surface area (Å²) in [5, 5.41) is 0. The molecule has 4 rings (SSSR count). The molecule has 2 aliphatic rings. The molecule has 0 N–H and O–H groups in total. The van der Waals surface area contributed by atoms with Gasteiger partial charge >= 0.3 is 0 Å². The first-order chi connectivity index (χ1) is 13.0. The van der Waals surface area contributed by atoms with Gasteiger partial charge in [-0.1, -0.05) is 12.1 Å². The molecular formula is C20H22FNO4S. The molecule has 0 unspecified atom stereocenters. The molecule has 27 heavy (non-hydrogen) atoms. The number of hydrogen-bond donors (Lipinski definition) is 0. The van der Waals surface area contributed by atoms with Crippen LogP contribution >= 0.6 is 0 Å². The van der Waals surface area contributed by atoms with E-state index in [-0.39, 0.29) is 11.7 Å². The molecule has 2 aliphatic heterocycles. The number of ether oxygens (including phenoxy) is 2. The minimum atomic E-state index is -3.62. The Morgan fingerprint density at radius 3 is 2.59 bits per heavy atom. The van der Waals surface area contributed by atoms with E-state index in [4.69, 9.17) is 9.47 Å². The third kappa shape index (κ3) is 3.94. The highest BCUT2D eigenvalue weighted by Gasteiger charge is 2.29. The maximum atomic E-state index is 13.4. The average molecular weight is 391 g/mol. The summed E-state index contributed by atoms with van der Waals surface area (Å²) in [6, 6.07) is 11.2. The summed E-state index contributed by atoms with van der Waals surface area (Å²) in [4.78, 5) is 0.0290. The van der Waals surface area contributed by atoms with E-state index in [1.54, 1.807) is 0 Å². The monoisotopic (exact) mass is 391 g/mol.